The van der Waals surface area contributed by atoms with Crippen molar-refractivity contribution in [3.8, 4) is 0 Å². The predicted molar refractivity (Wildman–Crippen MR) is 79.2 cm³/mol. The maximum absolute atomic E-state index is 13.7. The standard InChI is InChI=1S/C15H13BrFNO2/c1-20-9-10-4-2-5-11(8-10)18-15(19)14-12(16)6-3-7-13(14)17/h2-8H,9H2,1H3,(H,18,19). The van der Waals surface area contributed by atoms with Gasteiger partial charge in [0.1, 0.15) is 5.82 Å². The third kappa shape index (κ3) is 3.43. The van der Waals surface area contributed by atoms with Gasteiger partial charge < -0.3 is 10.1 Å². The van der Waals surface area contributed by atoms with E-state index in [1.165, 1.54) is 12.1 Å². The second-order valence-electron chi connectivity index (χ2n) is 4.18. The number of carbonyl (C=O) groups excluding carboxylic acids is 1. The third-order valence-electron chi connectivity index (χ3n) is 2.69. The minimum absolute atomic E-state index is 0.00959. The summed E-state index contributed by atoms with van der Waals surface area (Å²) in [7, 11) is 1.60. The van der Waals surface area contributed by atoms with Crippen LogP contribution in [0.3, 0.4) is 0 Å². The van der Waals surface area contributed by atoms with Crippen molar-refractivity contribution >= 4 is 27.5 Å². The van der Waals surface area contributed by atoms with Crippen LogP contribution in [0.25, 0.3) is 0 Å². The SMILES string of the molecule is COCc1cccc(NC(=O)c2c(F)cccc2Br)c1. The number of ether oxygens (including phenoxy) is 1. The molecular weight excluding hydrogens is 325 g/mol. The Labute approximate surface area is 124 Å². The molecule has 0 atom stereocenters. The van der Waals surface area contributed by atoms with Crippen LogP contribution in [-0.4, -0.2) is 13.0 Å². The first-order valence-electron chi connectivity index (χ1n) is 5.95. The van der Waals surface area contributed by atoms with Crippen molar-refractivity contribution in [2.45, 2.75) is 6.61 Å². The highest BCUT2D eigenvalue weighted by Crippen LogP contribution is 2.21. The molecule has 0 fully saturated rings. The van der Waals surface area contributed by atoms with Crippen LogP contribution in [0.4, 0.5) is 10.1 Å². The Balaban J connectivity index is 2.21. The van der Waals surface area contributed by atoms with E-state index in [0.29, 0.717) is 16.8 Å². The highest BCUT2D eigenvalue weighted by atomic mass is 79.9. The number of hydrogen-bond acceptors (Lipinski definition) is 2. The Morgan fingerprint density at radius 2 is 2.05 bits per heavy atom. The predicted octanol–water partition coefficient (Wildman–Crippen LogP) is 3.99. The molecule has 0 saturated carbocycles. The fraction of sp³-hybridized carbons (Fsp3) is 0.133. The van der Waals surface area contributed by atoms with Crippen LogP contribution in [-0.2, 0) is 11.3 Å². The number of benzene rings is 2. The molecule has 104 valence electrons. The first-order chi connectivity index (χ1) is 9.61. The maximum Gasteiger partial charge on any atom is 0.259 e. The lowest BCUT2D eigenvalue weighted by molar-refractivity contribution is 0.102. The molecule has 0 aliphatic heterocycles. The minimum Gasteiger partial charge on any atom is -0.380 e. The molecule has 0 unspecified atom stereocenters. The molecule has 0 aliphatic rings. The summed E-state index contributed by atoms with van der Waals surface area (Å²) >= 11 is 3.18. The lowest BCUT2D eigenvalue weighted by atomic mass is 10.1. The molecule has 0 heterocycles. The normalized spacial score (nSPS) is 10.3. The zero-order chi connectivity index (χ0) is 14.5. The van der Waals surface area contributed by atoms with Crippen LogP contribution < -0.4 is 5.32 Å². The number of methoxy groups -OCH3 is 1. The van der Waals surface area contributed by atoms with Crippen molar-refractivity contribution in [3.05, 3.63) is 63.9 Å². The van der Waals surface area contributed by atoms with Gasteiger partial charge in [-0.05, 0) is 45.8 Å². The van der Waals surface area contributed by atoms with E-state index < -0.39 is 11.7 Å². The smallest absolute Gasteiger partial charge is 0.259 e. The van der Waals surface area contributed by atoms with Crippen molar-refractivity contribution in [1.82, 2.24) is 0 Å². The van der Waals surface area contributed by atoms with Crippen LogP contribution in [0.15, 0.2) is 46.9 Å². The van der Waals surface area contributed by atoms with E-state index in [-0.39, 0.29) is 5.56 Å². The van der Waals surface area contributed by atoms with Gasteiger partial charge in [0.2, 0.25) is 0 Å². The third-order valence-corrected chi connectivity index (χ3v) is 3.35. The van der Waals surface area contributed by atoms with E-state index in [1.807, 2.05) is 6.07 Å². The zero-order valence-electron chi connectivity index (χ0n) is 10.8. The van der Waals surface area contributed by atoms with Gasteiger partial charge in [-0.3, -0.25) is 4.79 Å². The summed E-state index contributed by atoms with van der Waals surface area (Å²) in [6, 6.07) is 11.6. The van der Waals surface area contributed by atoms with Gasteiger partial charge in [0.15, 0.2) is 0 Å². The van der Waals surface area contributed by atoms with Crippen molar-refractivity contribution in [2.24, 2.45) is 0 Å². The van der Waals surface area contributed by atoms with Gasteiger partial charge >= 0.3 is 0 Å². The minimum atomic E-state index is -0.565. The molecular formula is C15H13BrFNO2. The lowest BCUT2D eigenvalue weighted by Crippen LogP contribution is -2.14. The van der Waals surface area contributed by atoms with Gasteiger partial charge in [0, 0.05) is 17.3 Å². The van der Waals surface area contributed by atoms with Crippen molar-refractivity contribution < 1.29 is 13.9 Å². The number of halogens is 2. The first-order valence-corrected chi connectivity index (χ1v) is 6.74. The van der Waals surface area contributed by atoms with Crippen molar-refractivity contribution in [2.75, 3.05) is 12.4 Å². The summed E-state index contributed by atoms with van der Waals surface area (Å²) in [6.45, 7) is 0.451. The van der Waals surface area contributed by atoms with Gasteiger partial charge in [-0.2, -0.15) is 0 Å². The quantitative estimate of drug-likeness (QED) is 0.916. The van der Waals surface area contributed by atoms with E-state index in [1.54, 1.807) is 31.4 Å². The van der Waals surface area contributed by atoms with E-state index in [0.717, 1.165) is 5.56 Å². The van der Waals surface area contributed by atoms with Gasteiger partial charge in [-0.15, -0.1) is 0 Å². The summed E-state index contributed by atoms with van der Waals surface area (Å²) in [6.07, 6.45) is 0. The molecule has 0 aliphatic carbocycles. The largest absolute Gasteiger partial charge is 0.380 e. The summed E-state index contributed by atoms with van der Waals surface area (Å²) in [5.41, 5.74) is 1.52. The maximum atomic E-state index is 13.7. The van der Waals surface area contributed by atoms with Crippen LogP contribution in [0.1, 0.15) is 15.9 Å². The lowest BCUT2D eigenvalue weighted by Gasteiger charge is -2.09. The fourth-order valence-electron chi connectivity index (χ4n) is 1.81. The summed E-state index contributed by atoms with van der Waals surface area (Å²) in [5, 5.41) is 2.67. The highest BCUT2D eigenvalue weighted by Gasteiger charge is 2.15. The number of anilines is 1. The van der Waals surface area contributed by atoms with Gasteiger partial charge in [0.25, 0.3) is 5.91 Å². The Kier molecular flexibility index (Phi) is 4.87. The number of carbonyl (C=O) groups is 1. The molecule has 1 N–H and O–H groups in total. The molecule has 2 aromatic carbocycles. The number of hydrogen-bond donors (Lipinski definition) is 1. The molecule has 3 nitrogen and oxygen atoms in total. The zero-order valence-corrected chi connectivity index (χ0v) is 12.4. The van der Waals surface area contributed by atoms with Crippen molar-refractivity contribution in [1.29, 1.82) is 0 Å². The van der Waals surface area contributed by atoms with E-state index in [9.17, 15) is 9.18 Å². The van der Waals surface area contributed by atoms with E-state index >= 15 is 0 Å². The fourth-order valence-corrected chi connectivity index (χ4v) is 2.34. The molecule has 5 heteroatoms. The Bertz CT molecular complexity index is 611. The van der Waals surface area contributed by atoms with Gasteiger partial charge in [-0.25, -0.2) is 4.39 Å². The summed E-state index contributed by atoms with van der Waals surface area (Å²) in [4.78, 5) is 12.1. The van der Waals surface area contributed by atoms with Crippen LogP contribution >= 0.6 is 15.9 Å². The molecule has 20 heavy (non-hydrogen) atoms. The molecule has 2 aromatic rings. The van der Waals surface area contributed by atoms with Gasteiger partial charge in [0.05, 0.1) is 12.2 Å². The molecule has 0 saturated heterocycles. The van der Waals surface area contributed by atoms with Gasteiger partial charge in [-0.1, -0.05) is 18.2 Å². The Morgan fingerprint density at radius 1 is 1.30 bits per heavy atom. The molecule has 0 bridgehead atoms. The number of nitrogens with one attached hydrogen (secondary N) is 1. The van der Waals surface area contributed by atoms with Crippen LogP contribution in [0, 0.1) is 5.82 Å². The first kappa shape index (κ1) is 14.7. The second-order valence-corrected chi connectivity index (χ2v) is 5.04. The second kappa shape index (κ2) is 6.63. The number of amides is 1. The average Bonchev–Trinajstić information content (AvgIpc) is 2.39. The monoisotopic (exact) mass is 337 g/mol. The van der Waals surface area contributed by atoms with Crippen LogP contribution in [0.2, 0.25) is 0 Å². The van der Waals surface area contributed by atoms with E-state index in [2.05, 4.69) is 21.2 Å². The molecule has 2 rings (SSSR count). The summed E-state index contributed by atoms with van der Waals surface area (Å²) < 4.78 is 19.1. The Hall–Kier alpha value is -1.72. The van der Waals surface area contributed by atoms with E-state index in [4.69, 9.17) is 4.74 Å². The average molecular weight is 338 g/mol. The molecule has 0 radical (unpaired) electrons. The Morgan fingerprint density at radius 3 is 2.75 bits per heavy atom. The topological polar surface area (TPSA) is 38.3 Å². The van der Waals surface area contributed by atoms with Crippen molar-refractivity contribution in [3.63, 3.8) is 0 Å². The molecule has 0 spiro atoms. The highest BCUT2D eigenvalue weighted by molar-refractivity contribution is 9.10. The molecule has 1 amide bonds. The summed E-state index contributed by atoms with van der Waals surface area (Å²) in [5.74, 6) is -1.06. The number of rotatable bonds is 4. The van der Waals surface area contributed by atoms with Crippen LogP contribution in [0.5, 0.6) is 0 Å². The molecule has 0 aromatic heterocycles.